The van der Waals surface area contributed by atoms with Crippen molar-refractivity contribution < 1.29 is 0 Å². The number of nitrogens with zero attached hydrogens (tertiary/aromatic N) is 5. The molecular formula is C19H17BrN6. The number of benzene rings is 1. The van der Waals surface area contributed by atoms with Gasteiger partial charge < -0.3 is 5.32 Å². The van der Waals surface area contributed by atoms with E-state index in [0.717, 1.165) is 38.5 Å². The van der Waals surface area contributed by atoms with Gasteiger partial charge in [0.15, 0.2) is 11.6 Å². The molecule has 3 heterocycles. The molecule has 1 N–H and O–H groups in total. The monoisotopic (exact) mass is 408 g/mol. The molecule has 26 heavy (non-hydrogen) atoms. The highest BCUT2D eigenvalue weighted by Gasteiger charge is 2.15. The van der Waals surface area contributed by atoms with Crippen LogP contribution in [0.4, 0.5) is 5.82 Å². The minimum absolute atomic E-state index is 0.651. The van der Waals surface area contributed by atoms with Crippen LogP contribution < -0.4 is 5.32 Å². The molecule has 0 bridgehead atoms. The number of anilines is 1. The molecule has 7 heteroatoms. The van der Waals surface area contributed by atoms with Gasteiger partial charge in [-0.1, -0.05) is 28.1 Å². The molecule has 4 rings (SSSR count). The molecule has 0 aliphatic carbocycles. The number of hydrogen-bond acceptors (Lipinski definition) is 5. The molecule has 0 fully saturated rings. The van der Waals surface area contributed by atoms with Crippen LogP contribution in [0, 0.1) is 13.8 Å². The Morgan fingerprint density at radius 1 is 1.00 bits per heavy atom. The lowest BCUT2D eigenvalue weighted by atomic mass is 10.2. The Kier molecular flexibility index (Phi) is 4.38. The van der Waals surface area contributed by atoms with Gasteiger partial charge in [0.05, 0.1) is 5.69 Å². The molecule has 0 aliphatic heterocycles. The van der Waals surface area contributed by atoms with Gasteiger partial charge in [-0.2, -0.15) is 0 Å². The Bertz CT molecular complexity index is 1060. The molecule has 130 valence electrons. The fourth-order valence-corrected chi connectivity index (χ4v) is 3.12. The number of nitrogens with one attached hydrogen (secondary N) is 1. The van der Waals surface area contributed by atoms with Crippen LogP contribution in [0.5, 0.6) is 0 Å². The van der Waals surface area contributed by atoms with Crippen molar-refractivity contribution in [3.8, 4) is 11.4 Å². The van der Waals surface area contributed by atoms with Crippen molar-refractivity contribution in [2.75, 3.05) is 5.32 Å². The van der Waals surface area contributed by atoms with Crippen molar-refractivity contribution in [3.05, 3.63) is 70.3 Å². The number of fused-ring (bicyclic) bond motifs is 1. The van der Waals surface area contributed by atoms with Crippen LogP contribution in [0.2, 0.25) is 0 Å². The second-order valence-electron chi connectivity index (χ2n) is 6.00. The van der Waals surface area contributed by atoms with E-state index in [2.05, 4.69) is 36.3 Å². The van der Waals surface area contributed by atoms with Gasteiger partial charge >= 0.3 is 0 Å². The van der Waals surface area contributed by atoms with Crippen LogP contribution in [0.15, 0.2) is 53.3 Å². The Morgan fingerprint density at radius 2 is 1.73 bits per heavy atom. The first kappa shape index (κ1) is 16.7. The van der Waals surface area contributed by atoms with Crippen molar-refractivity contribution >= 4 is 27.3 Å². The van der Waals surface area contributed by atoms with E-state index in [1.165, 1.54) is 0 Å². The minimum atomic E-state index is 0.651. The predicted octanol–water partition coefficient (Wildman–Crippen LogP) is 4.18. The summed E-state index contributed by atoms with van der Waals surface area (Å²) in [6.07, 6.45) is 3.57. The van der Waals surface area contributed by atoms with E-state index in [4.69, 9.17) is 4.98 Å². The molecule has 0 amide bonds. The third-order valence-corrected chi connectivity index (χ3v) is 4.67. The molecule has 0 spiro atoms. The van der Waals surface area contributed by atoms with Crippen molar-refractivity contribution in [2.45, 2.75) is 20.4 Å². The normalized spacial score (nSPS) is 11.0. The highest BCUT2D eigenvalue weighted by Crippen LogP contribution is 2.25. The van der Waals surface area contributed by atoms with Gasteiger partial charge in [0, 0.05) is 29.0 Å². The van der Waals surface area contributed by atoms with E-state index in [-0.39, 0.29) is 0 Å². The Morgan fingerprint density at radius 3 is 2.46 bits per heavy atom. The van der Waals surface area contributed by atoms with Crippen LogP contribution in [0.25, 0.3) is 16.9 Å². The van der Waals surface area contributed by atoms with Gasteiger partial charge in [-0.3, -0.25) is 4.98 Å². The van der Waals surface area contributed by atoms with Crippen molar-refractivity contribution in [1.82, 2.24) is 24.6 Å². The van der Waals surface area contributed by atoms with E-state index in [0.29, 0.717) is 12.4 Å². The summed E-state index contributed by atoms with van der Waals surface area (Å²) in [5, 5.41) is 8.12. The molecular weight excluding hydrogens is 392 g/mol. The SMILES string of the molecule is Cc1nc(C)n2nc(-c3ccc(Br)cc3)nc(NCc3ccncc3)c12. The van der Waals surface area contributed by atoms with E-state index < -0.39 is 0 Å². The third kappa shape index (κ3) is 3.17. The standard InChI is InChI=1S/C19H17BrN6/c1-12-17-19(22-11-14-7-9-21-10-8-14)24-18(25-26(17)13(2)23-12)15-3-5-16(20)6-4-15/h3-10H,11H2,1-2H3,(H,22,24,25). The van der Waals surface area contributed by atoms with Gasteiger partial charge in [-0.05, 0) is 43.7 Å². The molecule has 0 saturated carbocycles. The van der Waals surface area contributed by atoms with Gasteiger partial charge in [0.25, 0.3) is 0 Å². The second-order valence-corrected chi connectivity index (χ2v) is 6.92. The topological polar surface area (TPSA) is 68.0 Å². The van der Waals surface area contributed by atoms with E-state index in [1.807, 2.05) is 54.8 Å². The zero-order chi connectivity index (χ0) is 18.1. The highest BCUT2D eigenvalue weighted by molar-refractivity contribution is 9.10. The van der Waals surface area contributed by atoms with Crippen LogP contribution >= 0.6 is 15.9 Å². The second kappa shape index (κ2) is 6.84. The molecule has 0 radical (unpaired) electrons. The number of halogens is 1. The van der Waals surface area contributed by atoms with Crippen molar-refractivity contribution in [2.24, 2.45) is 0 Å². The number of aromatic nitrogens is 5. The van der Waals surface area contributed by atoms with E-state index in [1.54, 1.807) is 12.4 Å². The van der Waals surface area contributed by atoms with Gasteiger partial charge in [0.1, 0.15) is 11.3 Å². The maximum Gasteiger partial charge on any atom is 0.182 e. The predicted molar refractivity (Wildman–Crippen MR) is 105 cm³/mol. The molecule has 0 aliphatic rings. The summed E-state index contributed by atoms with van der Waals surface area (Å²) in [5.74, 6) is 2.26. The summed E-state index contributed by atoms with van der Waals surface area (Å²) in [5.41, 5.74) is 3.89. The highest BCUT2D eigenvalue weighted by atomic mass is 79.9. The summed E-state index contributed by atoms with van der Waals surface area (Å²) >= 11 is 3.46. The van der Waals surface area contributed by atoms with Crippen LogP contribution in [-0.4, -0.2) is 24.6 Å². The number of imidazole rings is 1. The zero-order valence-electron chi connectivity index (χ0n) is 14.4. The van der Waals surface area contributed by atoms with E-state index in [9.17, 15) is 0 Å². The average Bonchev–Trinajstić information content (AvgIpc) is 2.95. The molecule has 0 atom stereocenters. The summed E-state index contributed by atoms with van der Waals surface area (Å²) < 4.78 is 2.88. The smallest absolute Gasteiger partial charge is 0.182 e. The largest absolute Gasteiger partial charge is 0.364 e. The maximum absolute atomic E-state index is 4.78. The van der Waals surface area contributed by atoms with Crippen LogP contribution in [0.1, 0.15) is 17.1 Å². The molecule has 3 aromatic heterocycles. The number of pyridine rings is 1. The summed E-state index contributed by atoms with van der Waals surface area (Å²) in [7, 11) is 0. The fourth-order valence-electron chi connectivity index (χ4n) is 2.86. The number of rotatable bonds is 4. The van der Waals surface area contributed by atoms with Gasteiger partial charge in [-0.25, -0.2) is 14.5 Å². The maximum atomic E-state index is 4.78. The van der Waals surface area contributed by atoms with Crippen LogP contribution in [-0.2, 0) is 6.54 Å². The lowest BCUT2D eigenvalue weighted by Crippen LogP contribution is -2.08. The fraction of sp³-hybridized carbons (Fsp3) is 0.158. The first-order valence-electron chi connectivity index (χ1n) is 8.24. The number of hydrogen-bond donors (Lipinski definition) is 1. The van der Waals surface area contributed by atoms with Gasteiger partial charge in [-0.15, -0.1) is 5.10 Å². The molecule has 0 unspecified atom stereocenters. The summed E-state index contributed by atoms with van der Waals surface area (Å²) in [4.78, 5) is 13.4. The minimum Gasteiger partial charge on any atom is -0.364 e. The zero-order valence-corrected chi connectivity index (χ0v) is 16.0. The lowest BCUT2D eigenvalue weighted by molar-refractivity contribution is 0.858. The molecule has 0 saturated heterocycles. The molecule has 6 nitrogen and oxygen atoms in total. The summed E-state index contributed by atoms with van der Waals surface area (Å²) in [6.45, 7) is 4.58. The van der Waals surface area contributed by atoms with E-state index >= 15 is 0 Å². The first-order valence-corrected chi connectivity index (χ1v) is 9.04. The Balaban J connectivity index is 1.80. The first-order chi connectivity index (χ1) is 12.6. The third-order valence-electron chi connectivity index (χ3n) is 4.14. The van der Waals surface area contributed by atoms with Crippen molar-refractivity contribution in [3.63, 3.8) is 0 Å². The number of aryl methyl sites for hydroxylation is 2. The lowest BCUT2D eigenvalue weighted by Gasteiger charge is -2.10. The molecule has 4 aromatic rings. The molecule has 1 aromatic carbocycles. The Hall–Kier alpha value is -2.80. The van der Waals surface area contributed by atoms with Gasteiger partial charge in [0.2, 0.25) is 0 Å². The Labute approximate surface area is 159 Å². The average molecular weight is 409 g/mol. The summed E-state index contributed by atoms with van der Waals surface area (Å²) in [6, 6.07) is 11.9. The quantitative estimate of drug-likeness (QED) is 0.548. The van der Waals surface area contributed by atoms with Crippen LogP contribution in [0.3, 0.4) is 0 Å². The van der Waals surface area contributed by atoms with Crippen molar-refractivity contribution in [1.29, 1.82) is 0 Å².